The van der Waals surface area contributed by atoms with Gasteiger partial charge in [0, 0.05) is 5.92 Å². The summed E-state index contributed by atoms with van der Waals surface area (Å²) in [6.45, 7) is 4.08. The molecule has 14 heavy (non-hydrogen) atoms. The van der Waals surface area contributed by atoms with Crippen LogP contribution in [0.2, 0.25) is 0 Å². The molecule has 1 saturated carbocycles. The predicted octanol–water partition coefficient (Wildman–Crippen LogP) is 3.38. The van der Waals surface area contributed by atoms with Crippen molar-refractivity contribution in [2.75, 3.05) is 0 Å². The van der Waals surface area contributed by atoms with Crippen molar-refractivity contribution in [2.24, 2.45) is 22.9 Å². The van der Waals surface area contributed by atoms with Crippen LogP contribution in [0, 0.1) is 35.6 Å². The van der Waals surface area contributed by atoms with Gasteiger partial charge in [0.15, 0.2) is 0 Å². The molecule has 1 fully saturated rings. The monoisotopic (exact) mass is 188 g/mol. The van der Waals surface area contributed by atoms with Crippen molar-refractivity contribution in [3.05, 3.63) is 23.9 Å². The fourth-order valence-electron chi connectivity index (χ4n) is 1.83. The van der Waals surface area contributed by atoms with Crippen LogP contribution in [0.5, 0.6) is 0 Å². The molecule has 2 heteroatoms. The number of terminal acetylenes is 1. The van der Waals surface area contributed by atoms with E-state index in [-0.39, 0.29) is 0 Å². The predicted molar refractivity (Wildman–Crippen MR) is 57.6 cm³/mol. The van der Waals surface area contributed by atoms with Crippen LogP contribution >= 0.6 is 0 Å². The molecule has 3 unspecified atom stereocenters. The van der Waals surface area contributed by atoms with Gasteiger partial charge in [-0.25, -0.2) is 5.53 Å². The zero-order valence-corrected chi connectivity index (χ0v) is 8.70. The first-order chi connectivity index (χ1) is 6.72. The third-order valence-electron chi connectivity index (χ3n) is 2.88. The summed E-state index contributed by atoms with van der Waals surface area (Å²) in [5.41, 5.74) is 7.58. The first kappa shape index (κ1) is 10.7. The summed E-state index contributed by atoms with van der Waals surface area (Å²) in [7, 11) is 0. The molecule has 0 aliphatic heterocycles. The van der Waals surface area contributed by atoms with Crippen molar-refractivity contribution >= 4 is 0 Å². The Labute approximate surface area is 85.6 Å². The molecule has 1 N–H and O–H groups in total. The lowest BCUT2D eigenvalue weighted by molar-refractivity contribution is 0.183. The van der Waals surface area contributed by atoms with E-state index in [1.807, 2.05) is 19.1 Å². The second kappa shape index (κ2) is 4.76. The molecule has 0 amide bonds. The molecular formula is C12H16N2. The average Bonchev–Trinajstić information content (AvgIpc) is 2.20. The maximum absolute atomic E-state index is 6.89. The highest BCUT2D eigenvalue weighted by Crippen LogP contribution is 2.40. The quantitative estimate of drug-likeness (QED) is 0.400. The Kier molecular flexibility index (Phi) is 3.64. The molecular weight excluding hydrogens is 172 g/mol. The first-order valence-electron chi connectivity index (χ1n) is 4.91. The normalized spacial score (nSPS) is 32.4. The molecule has 0 aromatic heterocycles. The van der Waals surface area contributed by atoms with Crippen molar-refractivity contribution < 1.29 is 0 Å². The van der Waals surface area contributed by atoms with E-state index in [9.17, 15) is 0 Å². The fraction of sp³-hybridized carbons (Fsp3) is 0.500. The zero-order chi connectivity index (χ0) is 10.6. The van der Waals surface area contributed by atoms with Crippen molar-refractivity contribution in [2.45, 2.75) is 20.3 Å². The third kappa shape index (κ3) is 2.11. The summed E-state index contributed by atoms with van der Waals surface area (Å²) in [5.74, 6) is 4.31. The molecule has 0 aromatic rings. The second-order valence-corrected chi connectivity index (χ2v) is 3.75. The van der Waals surface area contributed by atoms with Crippen molar-refractivity contribution in [3.8, 4) is 12.3 Å². The largest absolute Gasteiger partial charge is 0.204 e. The van der Waals surface area contributed by atoms with E-state index < -0.39 is 0 Å². The van der Waals surface area contributed by atoms with E-state index in [2.05, 4.69) is 24.0 Å². The standard InChI is InChI=1S/C12H16N2/c1-4-10-8-9(3)12(10)7-6-11(5-2)14-13/h1,5-7,9-10,12-13H,8H2,2-3H3/b7-6-,11-5+,14-13?. The van der Waals surface area contributed by atoms with Crippen LogP contribution in [-0.2, 0) is 0 Å². The Morgan fingerprint density at radius 2 is 2.36 bits per heavy atom. The molecule has 74 valence electrons. The summed E-state index contributed by atoms with van der Waals surface area (Å²) in [5, 5.41) is 3.39. The Balaban J connectivity index is 2.60. The van der Waals surface area contributed by atoms with Crippen LogP contribution in [0.15, 0.2) is 29.0 Å². The van der Waals surface area contributed by atoms with Gasteiger partial charge in [-0.05, 0) is 31.3 Å². The van der Waals surface area contributed by atoms with Gasteiger partial charge in [-0.1, -0.05) is 19.1 Å². The molecule has 0 saturated heterocycles. The van der Waals surface area contributed by atoms with Crippen LogP contribution in [0.1, 0.15) is 20.3 Å². The van der Waals surface area contributed by atoms with Gasteiger partial charge in [-0.3, -0.25) is 0 Å². The van der Waals surface area contributed by atoms with E-state index in [1.165, 1.54) is 0 Å². The molecule has 0 radical (unpaired) electrons. The van der Waals surface area contributed by atoms with Gasteiger partial charge in [0.05, 0.1) is 5.70 Å². The average molecular weight is 188 g/mol. The first-order valence-corrected chi connectivity index (χ1v) is 4.91. The number of nitrogens with zero attached hydrogens (tertiary/aromatic N) is 1. The van der Waals surface area contributed by atoms with Crippen LogP contribution in [0.25, 0.3) is 0 Å². The third-order valence-corrected chi connectivity index (χ3v) is 2.88. The number of rotatable bonds is 3. The van der Waals surface area contributed by atoms with Crippen LogP contribution in [0.3, 0.4) is 0 Å². The van der Waals surface area contributed by atoms with Gasteiger partial charge in [0.25, 0.3) is 0 Å². The number of hydrogen-bond acceptors (Lipinski definition) is 2. The summed E-state index contributed by atoms with van der Waals surface area (Å²) < 4.78 is 0. The van der Waals surface area contributed by atoms with Crippen molar-refractivity contribution in [1.29, 1.82) is 5.53 Å². The summed E-state index contributed by atoms with van der Waals surface area (Å²) in [6, 6.07) is 0. The topological polar surface area (TPSA) is 36.2 Å². The van der Waals surface area contributed by atoms with Gasteiger partial charge >= 0.3 is 0 Å². The highest BCUT2D eigenvalue weighted by Gasteiger charge is 2.34. The molecule has 2 nitrogen and oxygen atoms in total. The minimum Gasteiger partial charge on any atom is -0.204 e. The van der Waals surface area contributed by atoms with Gasteiger partial charge in [-0.2, -0.15) is 5.11 Å². The van der Waals surface area contributed by atoms with E-state index in [0.29, 0.717) is 23.5 Å². The second-order valence-electron chi connectivity index (χ2n) is 3.75. The van der Waals surface area contributed by atoms with Crippen molar-refractivity contribution in [1.82, 2.24) is 0 Å². The van der Waals surface area contributed by atoms with Gasteiger partial charge < -0.3 is 0 Å². The van der Waals surface area contributed by atoms with E-state index >= 15 is 0 Å². The molecule has 3 atom stereocenters. The maximum Gasteiger partial charge on any atom is 0.0804 e. The van der Waals surface area contributed by atoms with Crippen LogP contribution in [-0.4, -0.2) is 0 Å². The molecule has 0 spiro atoms. The SMILES string of the molecule is C#CC1CC(C)C1/C=C\C(=C/C)N=N. The zero-order valence-electron chi connectivity index (χ0n) is 8.70. The minimum absolute atomic E-state index is 0.380. The lowest BCUT2D eigenvalue weighted by atomic mass is 9.66. The maximum atomic E-state index is 6.89. The minimum atomic E-state index is 0.380. The molecule has 0 aromatic carbocycles. The number of hydrogen-bond donors (Lipinski definition) is 1. The smallest absolute Gasteiger partial charge is 0.0804 e. The highest BCUT2D eigenvalue weighted by atomic mass is 15.0. The molecule has 1 rings (SSSR count). The Morgan fingerprint density at radius 1 is 1.64 bits per heavy atom. The molecule has 0 bridgehead atoms. The Bertz CT molecular complexity index is 307. The fourth-order valence-corrected chi connectivity index (χ4v) is 1.83. The molecule has 0 heterocycles. The summed E-state index contributed by atoms with van der Waals surface area (Å²) in [6.07, 6.45) is 12.3. The van der Waals surface area contributed by atoms with Crippen LogP contribution < -0.4 is 0 Å². The Morgan fingerprint density at radius 3 is 2.79 bits per heavy atom. The van der Waals surface area contributed by atoms with E-state index in [0.717, 1.165) is 6.42 Å². The Hall–Kier alpha value is -1.36. The highest BCUT2D eigenvalue weighted by molar-refractivity contribution is 5.20. The van der Waals surface area contributed by atoms with Gasteiger partial charge in [0.1, 0.15) is 0 Å². The van der Waals surface area contributed by atoms with Gasteiger partial charge in [0.2, 0.25) is 0 Å². The number of nitrogens with one attached hydrogen (secondary N) is 1. The lowest BCUT2D eigenvalue weighted by Gasteiger charge is -2.38. The van der Waals surface area contributed by atoms with E-state index in [4.69, 9.17) is 12.0 Å². The summed E-state index contributed by atoms with van der Waals surface area (Å²) in [4.78, 5) is 0. The summed E-state index contributed by atoms with van der Waals surface area (Å²) >= 11 is 0. The molecule has 1 aliphatic rings. The van der Waals surface area contributed by atoms with E-state index in [1.54, 1.807) is 0 Å². The van der Waals surface area contributed by atoms with Gasteiger partial charge in [-0.15, -0.1) is 12.3 Å². The van der Waals surface area contributed by atoms with Crippen molar-refractivity contribution in [3.63, 3.8) is 0 Å². The molecule has 1 aliphatic carbocycles. The number of allylic oxidation sites excluding steroid dienone is 3. The lowest BCUT2D eigenvalue weighted by Crippen LogP contribution is -2.32. The van der Waals surface area contributed by atoms with Crippen LogP contribution in [0.4, 0.5) is 0 Å².